The zero-order valence-corrected chi connectivity index (χ0v) is 14.9. The Morgan fingerprint density at radius 2 is 1.80 bits per heavy atom. The van der Waals surface area contributed by atoms with Gasteiger partial charge in [-0.1, -0.05) is 18.2 Å². The Morgan fingerprint density at radius 1 is 1.12 bits per heavy atom. The Bertz CT molecular complexity index is 676. The highest BCUT2D eigenvalue weighted by Crippen LogP contribution is 2.08. The number of rotatable bonds is 6. The zero-order chi connectivity index (χ0) is 17.6. The molecule has 1 aliphatic rings. The zero-order valence-electron chi connectivity index (χ0n) is 14.9. The molecule has 1 aromatic heterocycles. The van der Waals surface area contributed by atoms with Crippen LogP contribution >= 0.6 is 0 Å². The molecule has 7 nitrogen and oxygen atoms in total. The number of carbonyl (C=O) groups is 1. The van der Waals surface area contributed by atoms with Gasteiger partial charge in [-0.05, 0) is 26.0 Å². The quantitative estimate of drug-likeness (QED) is 0.845. The summed E-state index contributed by atoms with van der Waals surface area (Å²) in [6, 6.07) is 10.1. The molecule has 134 valence electrons. The first-order valence-corrected chi connectivity index (χ1v) is 8.81. The van der Waals surface area contributed by atoms with Crippen LogP contribution in [0, 0.1) is 0 Å². The van der Waals surface area contributed by atoms with Gasteiger partial charge in [-0.3, -0.25) is 14.6 Å². The van der Waals surface area contributed by atoms with Gasteiger partial charge in [0, 0.05) is 38.8 Å². The van der Waals surface area contributed by atoms with Crippen LogP contribution in [-0.2, 0) is 11.3 Å². The molecule has 3 rings (SSSR count). The van der Waals surface area contributed by atoms with Gasteiger partial charge < -0.3 is 5.32 Å². The number of aromatic nitrogens is 3. The minimum absolute atomic E-state index is 0.106. The molecule has 1 N–H and O–H groups in total. The number of hydrogen-bond donors (Lipinski definition) is 1. The number of piperazine rings is 1. The molecule has 1 fully saturated rings. The molecule has 1 saturated heterocycles. The summed E-state index contributed by atoms with van der Waals surface area (Å²) in [6.45, 7) is 8.92. The van der Waals surface area contributed by atoms with Crippen molar-refractivity contribution in [1.29, 1.82) is 0 Å². The summed E-state index contributed by atoms with van der Waals surface area (Å²) in [5.74, 6) is 0.106. The molecule has 25 heavy (non-hydrogen) atoms. The van der Waals surface area contributed by atoms with Crippen molar-refractivity contribution in [3.63, 3.8) is 0 Å². The van der Waals surface area contributed by atoms with Gasteiger partial charge in [-0.15, -0.1) is 0 Å². The molecular weight excluding hydrogens is 316 g/mol. The minimum Gasteiger partial charge on any atom is -0.353 e. The van der Waals surface area contributed by atoms with E-state index in [1.165, 1.54) is 0 Å². The van der Waals surface area contributed by atoms with E-state index < -0.39 is 0 Å². The lowest BCUT2D eigenvalue weighted by Crippen LogP contribution is -2.49. The lowest BCUT2D eigenvalue weighted by molar-refractivity contribution is -0.123. The maximum absolute atomic E-state index is 11.8. The Morgan fingerprint density at radius 3 is 2.48 bits per heavy atom. The van der Waals surface area contributed by atoms with Crippen molar-refractivity contribution in [1.82, 2.24) is 30.1 Å². The maximum atomic E-state index is 11.8. The molecule has 1 amide bonds. The van der Waals surface area contributed by atoms with E-state index in [0.717, 1.165) is 44.1 Å². The number of hydrogen-bond acceptors (Lipinski definition) is 5. The third-order valence-electron chi connectivity index (χ3n) is 4.19. The molecule has 7 heteroatoms. The fourth-order valence-corrected chi connectivity index (χ4v) is 2.96. The summed E-state index contributed by atoms with van der Waals surface area (Å²) in [5, 5.41) is 11.9. The second-order valence-electron chi connectivity index (χ2n) is 6.74. The van der Waals surface area contributed by atoms with Crippen LogP contribution in [0.4, 0.5) is 0 Å². The Kier molecular flexibility index (Phi) is 5.78. The van der Waals surface area contributed by atoms with Crippen LogP contribution in [0.15, 0.2) is 36.5 Å². The average Bonchev–Trinajstić information content (AvgIpc) is 3.05. The highest BCUT2D eigenvalue weighted by atomic mass is 16.2. The van der Waals surface area contributed by atoms with Crippen LogP contribution in [0.3, 0.4) is 0 Å². The molecule has 0 atom stereocenters. The second kappa shape index (κ2) is 8.22. The van der Waals surface area contributed by atoms with Crippen molar-refractivity contribution < 1.29 is 4.79 Å². The Hall–Kier alpha value is -2.25. The van der Waals surface area contributed by atoms with Crippen LogP contribution in [-0.4, -0.2) is 69.5 Å². The van der Waals surface area contributed by atoms with Crippen molar-refractivity contribution in [2.45, 2.75) is 26.4 Å². The van der Waals surface area contributed by atoms with Crippen molar-refractivity contribution in [3.05, 3.63) is 42.2 Å². The van der Waals surface area contributed by atoms with Gasteiger partial charge in [-0.25, -0.2) is 0 Å². The average molecular weight is 342 g/mol. The largest absolute Gasteiger partial charge is 0.353 e. The van der Waals surface area contributed by atoms with Crippen LogP contribution in [0.2, 0.25) is 0 Å². The molecule has 1 aromatic carbocycles. The second-order valence-corrected chi connectivity index (χ2v) is 6.74. The summed E-state index contributed by atoms with van der Waals surface area (Å²) in [4.78, 5) is 18.1. The van der Waals surface area contributed by atoms with Gasteiger partial charge in [-0.2, -0.15) is 15.0 Å². The van der Waals surface area contributed by atoms with E-state index >= 15 is 0 Å². The SMILES string of the molecule is CC(C)NC(=O)CN1CCN(Cc2cnn(-c3ccccc3)n2)CC1. The molecule has 1 aliphatic heterocycles. The topological polar surface area (TPSA) is 66.3 Å². The molecule has 0 unspecified atom stereocenters. The number of benzene rings is 1. The lowest BCUT2D eigenvalue weighted by atomic mass is 10.3. The smallest absolute Gasteiger partial charge is 0.234 e. The van der Waals surface area contributed by atoms with Gasteiger partial charge in [0.1, 0.15) is 0 Å². The molecule has 0 bridgehead atoms. The minimum atomic E-state index is 0.106. The number of amides is 1. The Balaban J connectivity index is 1.46. The molecule has 0 radical (unpaired) electrons. The first-order chi connectivity index (χ1) is 12.1. The monoisotopic (exact) mass is 342 g/mol. The third-order valence-corrected chi connectivity index (χ3v) is 4.19. The molecule has 2 heterocycles. The van der Waals surface area contributed by atoms with Crippen LogP contribution in [0.5, 0.6) is 0 Å². The number of para-hydroxylation sites is 1. The van der Waals surface area contributed by atoms with E-state index in [4.69, 9.17) is 0 Å². The van der Waals surface area contributed by atoms with Crippen molar-refractivity contribution in [3.8, 4) is 5.69 Å². The van der Waals surface area contributed by atoms with Crippen molar-refractivity contribution in [2.75, 3.05) is 32.7 Å². The van der Waals surface area contributed by atoms with Crippen molar-refractivity contribution in [2.24, 2.45) is 0 Å². The summed E-state index contributed by atoms with van der Waals surface area (Å²) < 4.78 is 0. The molecule has 0 spiro atoms. The summed E-state index contributed by atoms with van der Waals surface area (Å²) in [6.07, 6.45) is 1.83. The summed E-state index contributed by atoms with van der Waals surface area (Å²) in [5.41, 5.74) is 1.93. The Labute approximate surface area is 148 Å². The predicted octanol–water partition coefficient (Wildman–Crippen LogP) is 0.910. The highest BCUT2D eigenvalue weighted by molar-refractivity contribution is 5.78. The molecular formula is C18H26N6O. The predicted molar refractivity (Wildman–Crippen MR) is 96.4 cm³/mol. The van der Waals surface area contributed by atoms with Crippen LogP contribution in [0.1, 0.15) is 19.5 Å². The van der Waals surface area contributed by atoms with E-state index in [-0.39, 0.29) is 11.9 Å². The van der Waals surface area contributed by atoms with E-state index in [9.17, 15) is 4.79 Å². The van der Waals surface area contributed by atoms with Gasteiger partial charge >= 0.3 is 0 Å². The molecule has 0 aliphatic carbocycles. The molecule has 0 saturated carbocycles. The van der Waals surface area contributed by atoms with E-state index in [1.54, 1.807) is 4.80 Å². The number of nitrogens with one attached hydrogen (secondary N) is 1. The fraction of sp³-hybridized carbons (Fsp3) is 0.500. The van der Waals surface area contributed by atoms with E-state index in [1.807, 2.05) is 50.4 Å². The summed E-state index contributed by atoms with van der Waals surface area (Å²) in [7, 11) is 0. The van der Waals surface area contributed by atoms with Crippen LogP contribution < -0.4 is 5.32 Å². The lowest BCUT2D eigenvalue weighted by Gasteiger charge is -2.33. The maximum Gasteiger partial charge on any atom is 0.234 e. The highest BCUT2D eigenvalue weighted by Gasteiger charge is 2.20. The third kappa shape index (κ3) is 5.11. The summed E-state index contributed by atoms with van der Waals surface area (Å²) >= 11 is 0. The fourth-order valence-electron chi connectivity index (χ4n) is 2.96. The van der Waals surface area contributed by atoms with Gasteiger partial charge in [0.2, 0.25) is 5.91 Å². The normalized spacial score (nSPS) is 16.3. The van der Waals surface area contributed by atoms with E-state index in [0.29, 0.717) is 6.54 Å². The van der Waals surface area contributed by atoms with Gasteiger partial charge in [0.05, 0.1) is 24.1 Å². The van der Waals surface area contributed by atoms with E-state index in [2.05, 4.69) is 25.3 Å². The van der Waals surface area contributed by atoms with Crippen molar-refractivity contribution >= 4 is 5.91 Å². The van der Waals surface area contributed by atoms with Crippen LogP contribution in [0.25, 0.3) is 5.69 Å². The van der Waals surface area contributed by atoms with Gasteiger partial charge in [0.25, 0.3) is 0 Å². The van der Waals surface area contributed by atoms with Gasteiger partial charge in [0.15, 0.2) is 0 Å². The first-order valence-electron chi connectivity index (χ1n) is 8.81. The number of carbonyl (C=O) groups excluding carboxylic acids is 1. The molecule has 2 aromatic rings. The standard InChI is InChI=1S/C18H26N6O/c1-15(2)20-18(25)14-23-10-8-22(9-11-23)13-16-12-19-24(21-16)17-6-4-3-5-7-17/h3-7,12,15H,8-11,13-14H2,1-2H3,(H,20,25). The first kappa shape index (κ1) is 17.6. The number of nitrogens with zero attached hydrogens (tertiary/aromatic N) is 5.